The van der Waals surface area contributed by atoms with Gasteiger partial charge in [-0.25, -0.2) is 4.79 Å². The average molecular weight is 383 g/mol. The normalized spacial score (nSPS) is 12.1. The van der Waals surface area contributed by atoms with Gasteiger partial charge in [-0.3, -0.25) is 9.59 Å². The Balaban J connectivity index is 1.65. The first-order chi connectivity index (χ1) is 13.4. The van der Waals surface area contributed by atoms with Crippen molar-refractivity contribution in [2.75, 3.05) is 6.61 Å². The smallest absolute Gasteiger partial charge is 0.329 e. The Morgan fingerprint density at radius 2 is 1.86 bits per heavy atom. The van der Waals surface area contributed by atoms with Crippen LogP contribution in [0, 0.1) is 12.8 Å². The molecule has 28 heavy (non-hydrogen) atoms. The average Bonchev–Trinajstić information content (AvgIpc) is 3.32. The van der Waals surface area contributed by atoms with Crippen LogP contribution in [0.5, 0.6) is 0 Å². The monoisotopic (exact) mass is 383 g/mol. The molecule has 0 aliphatic carbocycles. The van der Waals surface area contributed by atoms with E-state index < -0.39 is 30.3 Å². The Labute approximate surface area is 161 Å². The van der Waals surface area contributed by atoms with Crippen LogP contribution in [0.2, 0.25) is 0 Å². The van der Waals surface area contributed by atoms with E-state index >= 15 is 0 Å². The molecule has 0 saturated heterocycles. The molecule has 0 fully saturated rings. The number of ketones is 1. The summed E-state index contributed by atoms with van der Waals surface area (Å²) >= 11 is 0. The van der Waals surface area contributed by atoms with Crippen molar-refractivity contribution in [3.05, 3.63) is 59.7 Å². The van der Waals surface area contributed by atoms with Crippen molar-refractivity contribution in [1.29, 1.82) is 0 Å². The van der Waals surface area contributed by atoms with Crippen LogP contribution >= 0.6 is 0 Å². The largest absolute Gasteiger partial charge is 0.459 e. The summed E-state index contributed by atoms with van der Waals surface area (Å²) in [6.45, 7) is 4.83. The molecule has 7 heteroatoms. The third-order valence-corrected chi connectivity index (χ3v) is 4.39. The number of aryl methyl sites for hydroxylation is 1. The molecule has 2 aromatic heterocycles. The predicted molar refractivity (Wildman–Crippen MR) is 101 cm³/mol. The quantitative estimate of drug-likeness (QED) is 0.495. The summed E-state index contributed by atoms with van der Waals surface area (Å²) in [4.78, 5) is 37.0. The molecule has 0 aliphatic rings. The third-order valence-electron chi connectivity index (χ3n) is 4.39. The number of fused-ring (bicyclic) bond motifs is 1. The van der Waals surface area contributed by atoms with Gasteiger partial charge in [0.15, 0.2) is 18.1 Å². The third kappa shape index (κ3) is 3.98. The van der Waals surface area contributed by atoms with E-state index in [0.717, 1.165) is 5.39 Å². The van der Waals surface area contributed by atoms with Gasteiger partial charge in [0.05, 0.1) is 6.26 Å². The van der Waals surface area contributed by atoms with Crippen LogP contribution in [-0.2, 0) is 9.53 Å². The van der Waals surface area contributed by atoms with Crippen LogP contribution in [-0.4, -0.2) is 30.3 Å². The number of nitrogens with one attached hydrogen (secondary N) is 1. The van der Waals surface area contributed by atoms with Crippen molar-refractivity contribution in [2.24, 2.45) is 5.92 Å². The number of carbonyl (C=O) groups is 3. The molecular weight excluding hydrogens is 362 g/mol. The van der Waals surface area contributed by atoms with Gasteiger partial charge >= 0.3 is 5.97 Å². The van der Waals surface area contributed by atoms with E-state index in [4.69, 9.17) is 13.6 Å². The molecule has 7 nitrogen and oxygen atoms in total. The molecule has 0 spiro atoms. The number of hydrogen-bond acceptors (Lipinski definition) is 6. The summed E-state index contributed by atoms with van der Waals surface area (Å²) < 4.78 is 15.8. The number of benzene rings is 1. The first kappa shape index (κ1) is 19.4. The van der Waals surface area contributed by atoms with Gasteiger partial charge in [-0.15, -0.1) is 0 Å². The number of hydrogen-bond donors (Lipinski definition) is 1. The molecular formula is C21H21NO6. The second-order valence-electron chi connectivity index (χ2n) is 6.76. The highest BCUT2D eigenvalue weighted by Crippen LogP contribution is 2.25. The lowest BCUT2D eigenvalue weighted by Crippen LogP contribution is -2.45. The highest BCUT2D eigenvalue weighted by Gasteiger charge is 2.28. The van der Waals surface area contributed by atoms with Crippen LogP contribution in [0.4, 0.5) is 0 Å². The van der Waals surface area contributed by atoms with E-state index in [0.29, 0.717) is 11.1 Å². The molecule has 3 aromatic rings. The summed E-state index contributed by atoms with van der Waals surface area (Å²) in [7, 11) is 0. The topological polar surface area (TPSA) is 98.8 Å². The molecule has 1 N–H and O–H groups in total. The molecule has 0 aliphatic heterocycles. The summed E-state index contributed by atoms with van der Waals surface area (Å²) in [5.74, 6) is -1.66. The minimum absolute atomic E-state index is 0.0902. The predicted octanol–water partition coefficient (Wildman–Crippen LogP) is 3.51. The summed E-state index contributed by atoms with van der Waals surface area (Å²) in [6, 6.07) is 9.45. The zero-order valence-corrected chi connectivity index (χ0v) is 15.9. The molecule has 2 heterocycles. The number of ether oxygens (including phenoxy) is 1. The second-order valence-corrected chi connectivity index (χ2v) is 6.76. The van der Waals surface area contributed by atoms with Gasteiger partial charge in [-0.1, -0.05) is 32.0 Å². The maximum atomic E-state index is 12.5. The van der Waals surface area contributed by atoms with Crippen LogP contribution in [0.25, 0.3) is 11.0 Å². The van der Waals surface area contributed by atoms with E-state index in [1.807, 2.05) is 18.2 Å². The first-order valence-corrected chi connectivity index (χ1v) is 8.90. The molecule has 1 aromatic carbocycles. The maximum Gasteiger partial charge on any atom is 0.329 e. The number of Topliss-reactive ketones (excluding diaryl/α,β-unsaturated/α-hetero) is 1. The summed E-state index contributed by atoms with van der Waals surface area (Å²) in [5, 5.41) is 3.41. The van der Waals surface area contributed by atoms with Crippen molar-refractivity contribution >= 4 is 28.6 Å². The number of carbonyl (C=O) groups excluding carboxylic acids is 3. The van der Waals surface area contributed by atoms with Gasteiger partial charge in [0, 0.05) is 10.9 Å². The van der Waals surface area contributed by atoms with Crippen molar-refractivity contribution in [1.82, 2.24) is 5.32 Å². The Morgan fingerprint density at radius 3 is 2.50 bits per heavy atom. The van der Waals surface area contributed by atoms with Crippen LogP contribution < -0.4 is 5.32 Å². The molecule has 3 rings (SSSR count). The van der Waals surface area contributed by atoms with E-state index in [-0.39, 0.29) is 17.4 Å². The zero-order valence-electron chi connectivity index (χ0n) is 15.9. The number of para-hydroxylation sites is 1. The SMILES string of the molecule is Cc1c(C(=O)COC(=O)C(NC(=O)c2ccco2)C(C)C)oc2ccccc12. The number of amides is 1. The van der Waals surface area contributed by atoms with Gasteiger partial charge < -0.3 is 18.9 Å². The Hall–Kier alpha value is -3.35. The minimum atomic E-state index is -0.915. The van der Waals surface area contributed by atoms with Crippen LogP contribution in [0.15, 0.2) is 51.5 Å². The fraction of sp³-hybridized carbons (Fsp3) is 0.286. The highest BCUT2D eigenvalue weighted by molar-refractivity contribution is 6.02. The lowest BCUT2D eigenvalue weighted by atomic mass is 10.0. The lowest BCUT2D eigenvalue weighted by molar-refractivity contribution is -0.146. The van der Waals surface area contributed by atoms with Gasteiger partial charge in [0.1, 0.15) is 11.6 Å². The molecule has 0 bridgehead atoms. The number of rotatable bonds is 7. The fourth-order valence-corrected chi connectivity index (χ4v) is 2.85. The van der Waals surface area contributed by atoms with Crippen molar-refractivity contribution in [2.45, 2.75) is 26.8 Å². The maximum absolute atomic E-state index is 12.5. The van der Waals surface area contributed by atoms with Gasteiger partial charge in [0.25, 0.3) is 5.91 Å². The molecule has 1 amide bonds. The molecule has 1 unspecified atom stereocenters. The highest BCUT2D eigenvalue weighted by atomic mass is 16.5. The van der Waals surface area contributed by atoms with Gasteiger partial charge in [-0.05, 0) is 31.0 Å². The van der Waals surface area contributed by atoms with E-state index in [1.165, 1.54) is 12.3 Å². The second kappa shape index (κ2) is 8.12. The van der Waals surface area contributed by atoms with E-state index in [9.17, 15) is 14.4 Å². The number of furan rings is 2. The Bertz CT molecular complexity index is 999. The zero-order chi connectivity index (χ0) is 20.3. The lowest BCUT2D eigenvalue weighted by Gasteiger charge is -2.20. The van der Waals surface area contributed by atoms with E-state index in [1.54, 1.807) is 32.9 Å². The van der Waals surface area contributed by atoms with Gasteiger partial charge in [-0.2, -0.15) is 0 Å². The van der Waals surface area contributed by atoms with Crippen LogP contribution in [0.1, 0.15) is 40.5 Å². The molecule has 1 atom stereocenters. The molecule has 146 valence electrons. The minimum Gasteiger partial charge on any atom is -0.459 e. The summed E-state index contributed by atoms with van der Waals surface area (Å²) in [5.41, 5.74) is 1.30. The molecule has 0 saturated carbocycles. The summed E-state index contributed by atoms with van der Waals surface area (Å²) in [6.07, 6.45) is 1.37. The number of esters is 1. The Morgan fingerprint density at radius 1 is 1.11 bits per heavy atom. The van der Waals surface area contributed by atoms with Crippen molar-refractivity contribution in [3.8, 4) is 0 Å². The fourth-order valence-electron chi connectivity index (χ4n) is 2.85. The Kier molecular flexibility index (Phi) is 5.63. The first-order valence-electron chi connectivity index (χ1n) is 8.90. The molecule has 0 radical (unpaired) electrons. The van der Waals surface area contributed by atoms with E-state index in [2.05, 4.69) is 5.32 Å². The van der Waals surface area contributed by atoms with Gasteiger partial charge in [0.2, 0.25) is 5.78 Å². The standard InChI is InChI=1S/C21H21NO6/c1-12(2)18(22-20(24)17-9-6-10-26-17)21(25)27-11-15(23)19-13(3)14-7-4-5-8-16(14)28-19/h4-10,12,18H,11H2,1-3H3,(H,22,24). The van der Waals surface area contributed by atoms with Crippen molar-refractivity contribution in [3.63, 3.8) is 0 Å². The van der Waals surface area contributed by atoms with Crippen LogP contribution in [0.3, 0.4) is 0 Å². The van der Waals surface area contributed by atoms with Crippen molar-refractivity contribution < 1.29 is 28.0 Å².